The summed E-state index contributed by atoms with van der Waals surface area (Å²) in [5.74, 6) is -0.149. The number of halogens is 2. The summed E-state index contributed by atoms with van der Waals surface area (Å²) >= 11 is 5.80. The van der Waals surface area contributed by atoms with Gasteiger partial charge in [0.25, 0.3) is 0 Å². The number of nitrogens with zero attached hydrogens (tertiary/aromatic N) is 3. The molecule has 1 saturated heterocycles. The van der Waals surface area contributed by atoms with Crippen LogP contribution in [0.2, 0.25) is 5.02 Å². The minimum absolute atomic E-state index is 0.0611. The molecule has 0 aliphatic carbocycles. The first-order chi connectivity index (χ1) is 13.7. The van der Waals surface area contributed by atoms with E-state index in [2.05, 4.69) is 43.0 Å². The quantitative estimate of drug-likeness (QED) is 0.581. The Kier molecular flexibility index (Phi) is 4.90. The van der Waals surface area contributed by atoms with E-state index >= 15 is 0 Å². The van der Waals surface area contributed by atoms with Crippen molar-refractivity contribution in [3.63, 3.8) is 0 Å². The molecule has 5 nitrogen and oxygen atoms in total. The molecule has 29 heavy (non-hydrogen) atoms. The standard InChI is InChI=1S/C22H21ClFN3O2/c1-22(2,3)15-6-4-13(5-7-15)20-25-21(29-26-20)14-10-19(28)27(12-14)18-9-8-16(23)11-17(18)24/h4-9,11,14H,10,12H2,1-3H3. The monoisotopic (exact) mass is 413 g/mol. The van der Waals surface area contributed by atoms with Crippen molar-refractivity contribution in [2.24, 2.45) is 0 Å². The van der Waals surface area contributed by atoms with Crippen LogP contribution in [0.3, 0.4) is 0 Å². The van der Waals surface area contributed by atoms with Gasteiger partial charge in [0.15, 0.2) is 0 Å². The highest BCUT2D eigenvalue weighted by Gasteiger charge is 2.36. The van der Waals surface area contributed by atoms with Gasteiger partial charge >= 0.3 is 0 Å². The number of hydrogen-bond donors (Lipinski definition) is 0. The van der Waals surface area contributed by atoms with Crippen LogP contribution < -0.4 is 4.90 Å². The summed E-state index contributed by atoms with van der Waals surface area (Å²) in [6.45, 7) is 6.74. The summed E-state index contributed by atoms with van der Waals surface area (Å²) in [5.41, 5.74) is 2.33. The number of benzene rings is 2. The van der Waals surface area contributed by atoms with Crippen LogP contribution in [0.4, 0.5) is 10.1 Å². The molecule has 1 amide bonds. The van der Waals surface area contributed by atoms with Crippen molar-refractivity contribution < 1.29 is 13.7 Å². The van der Waals surface area contributed by atoms with E-state index in [-0.39, 0.29) is 40.9 Å². The number of carbonyl (C=O) groups excluding carboxylic acids is 1. The molecule has 7 heteroatoms. The zero-order valence-electron chi connectivity index (χ0n) is 16.4. The van der Waals surface area contributed by atoms with E-state index in [1.165, 1.54) is 22.6 Å². The third-order valence-electron chi connectivity index (χ3n) is 5.13. The molecule has 150 valence electrons. The molecule has 1 atom stereocenters. The minimum atomic E-state index is -0.531. The van der Waals surface area contributed by atoms with Gasteiger partial charge in [0, 0.05) is 23.6 Å². The summed E-state index contributed by atoms with van der Waals surface area (Å²) in [5, 5.41) is 4.35. The second-order valence-corrected chi connectivity index (χ2v) is 8.72. The maximum absolute atomic E-state index is 14.2. The number of amides is 1. The molecule has 0 bridgehead atoms. The fourth-order valence-corrected chi connectivity index (χ4v) is 3.60. The van der Waals surface area contributed by atoms with Crippen LogP contribution in [-0.2, 0) is 10.2 Å². The van der Waals surface area contributed by atoms with E-state index in [0.717, 1.165) is 5.56 Å². The Labute approximate surface area is 173 Å². The van der Waals surface area contributed by atoms with Gasteiger partial charge in [-0.3, -0.25) is 4.79 Å². The predicted molar refractivity (Wildman–Crippen MR) is 110 cm³/mol. The molecular formula is C22H21ClFN3O2. The third-order valence-corrected chi connectivity index (χ3v) is 5.36. The van der Waals surface area contributed by atoms with Crippen molar-refractivity contribution in [1.29, 1.82) is 0 Å². The molecule has 1 aliphatic rings. The van der Waals surface area contributed by atoms with Crippen LogP contribution in [0.5, 0.6) is 0 Å². The van der Waals surface area contributed by atoms with Crippen LogP contribution >= 0.6 is 11.6 Å². The molecule has 0 saturated carbocycles. The Morgan fingerprint density at radius 2 is 1.90 bits per heavy atom. The lowest BCUT2D eigenvalue weighted by Crippen LogP contribution is -2.25. The molecule has 1 unspecified atom stereocenters. The van der Waals surface area contributed by atoms with E-state index in [9.17, 15) is 9.18 Å². The molecule has 1 aromatic heterocycles. The summed E-state index contributed by atoms with van der Waals surface area (Å²) < 4.78 is 19.6. The van der Waals surface area contributed by atoms with Gasteiger partial charge in [-0.2, -0.15) is 4.98 Å². The first-order valence-electron chi connectivity index (χ1n) is 9.42. The largest absolute Gasteiger partial charge is 0.339 e. The highest BCUT2D eigenvalue weighted by atomic mass is 35.5. The number of carbonyl (C=O) groups is 1. The maximum atomic E-state index is 14.2. The summed E-state index contributed by atoms with van der Waals surface area (Å²) in [6.07, 6.45) is 0.187. The Balaban J connectivity index is 1.53. The molecule has 2 heterocycles. The highest BCUT2D eigenvalue weighted by molar-refractivity contribution is 6.30. The average molecular weight is 414 g/mol. The van der Waals surface area contributed by atoms with Crippen LogP contribution in [0, 0.1) is 5.82 Å². The molecule has 3 aromatic rings. The molecule has 0 spiro atoms. The normalized spacial score (nSPS) is 17.2. The van der Waals surface area contributed by atoms with E-state index < -0.39 is 5.82 Å². The van der Waals surface area contributed by atoms with Gasteiger partial charge < -0.3 is 9.42 Å². The Morgan fingerprint density at radius 1 is 1.17 bits per heavy atom. The number of rotatable bonds is 3. The second-order valence-electron chi connectivity index (χ2n) is 8.28. The Bertz CT molecular complexity index is 1060. The topological polar surface area (TPSA) is 59.2 Å². The number of aromatic nitrogens is 2. The van der Waals surface area contributed by atoms with Gasteiger partial charge in [-0.25, -0.2) is 4.39 Å². The molecular weight excluding hydrogens is 393 g/mol. The summed E-state index contributed by atoms with van der Waals surface area (Å²) in [4.78, 5) is 18.3. The fourth-order valence-electron chi connectivity index (χ4n) is 3.44. The maximum Gasteiger partial charge on any atom is 0.232 e. The van der Waals surface area contributed by atoms with Crippen molar-refractivity contribution in [1.82, 2.24) is 10.1 Å². The van der Waals surface area contributed by atoms with Crippen LogP contribution in [-0.4, -0.2) is 22.6 Å². The van der Waals surface area contributed by atoms with Gasteiger partial charge in [0.2, 0.25) is 17.6 Å². The molecule has 0 radical (unpaired) electrons. The van der Waals surface area contributed by atoms with Crippen LogP contribution in [0.25, 0.3) is 11.4 Å². The van der Waals surface area contributed by atoms with Gasteiger partial charge in [0.1, 0.15) is 5.82 Å². The fraction of sp³-hybridized carbons (Fsp3) is 0.318. The Hall–Kier alpha value is -2.73. The highest BCUT2D eigenvalue weighted by Crippen LogP contribution is 2.34. The van der Waals surface area contributed by atoms with Crippen LogP contribution in [0.15, 0.2) is 47.0 Å². The lowest BCUT2D eigenvalue weighted by Gasteiger charge is -2.18. The van der Waals surface area contributed by atoms with Gasteiger partial charge in [-0.15, -0.1) is 0 Å². The zero-order chi connectivity index (χ0) is 20.8. The van der Waals surface area contributed by atoms with Crippen molar-refractivity contribution in [2.45, 2.75) is 38.5 Å². The van der Waals surface area contributed by atoms with Gasteiger partial charge in [-0.05, 0) is 29.2 Å². The number of anilines is 1. The SMILES string of the molecule is CC(C)(C)c1ccc(-c2noc(C3CC(=O)N(c4ccc(Cl)cc4F)C3)n2)cc1. The first-order valence-corrected chi connectivity index (χ1v) is 9.80. The smallest absolute Gasteiger partial charge is 0.232 e. The summed E-state index contributed by atoms with van der Waals surface area (Å²) in [7, 11) is 0. The van der Waals surface area contributed by atoms with E-state index in [1.54, 1.807) is 6.07 Å². The third kappa shape index (κ3) is 3.90. The summed E-state index contributed by atoms with van der Waals surface area (Å²) in [6, 6.07) is 12.3. The van der Waals surface area contributed by atoms with E-state index in [0.29, 0.717) is 11.7 Å². The first kappa shape index (κ1) is 19.6. The van der Waals surface area contributed by atoms with Crippen molar-refractivity contribution in [2.75, 3.05) is 11.4 Å². The minimum Gasteiger partial charge on any atom is -0.339 e. The lowest BCUT2D eigenvalue weighted by molar-refractivity contribution is -0.117. The molecule has 1 aliphatic heterocycles. The van der Waals surface area contributed by atoms with Crippen molar-refractivity contribution >= 4 is 23.2 Å². The van der Waals surface area contributed by atoms with Crippen molar-refractivity contribution in [3.8, 4) is 11.4 Å². The zero-order valence-corrected chi connectivity index (χ0v) is 17.2. The Morgan fingerprint density at radius 3 is 2.55 bits per heavy atom. The van der Waals surface area contributed by atoms with Crippen LogP contribution in [0.1, 0.15) is 44.6 Å². The molecule has 1 fully saturated rings. The van der Waals surface area contributed by atoms with Gasteiger partial charge in [0.05, 0.1) is 11.6 Å². The van der Waals surface area contributed by atoms with E-state index in [4.69, 9.17) is 16.1 Å². The molecule has 2 aromatic carbocycles. The van der Waals surface area contributed by atoms with Gasteiger partial charge in [-0.1, -0.05) is 61.8 Å². The molecule has 0 N–H and O–H groups in total. The van der Waals surface area contributed by atoms with Crippen molar-refractivity contribution in [3.05, 3.63) is 64.8 Å². The molecule has 4 rings (SSSR count). The average Bonchev–Trinajstić information content (AvgIpc) is 3.28. The second kappa shape index (κ2) is 7.26. The predicted octanol–water partition coefficient (Wildman–Crippen LogP) is 5.35. The van der Waals surface area contributed by atoms with E-state index in [1.807, 2.05) is 12.1 Å². The lowest BCUT2D eigenvalue weighted by atomic mass is 9.87. The number of hydrogen-bond acceptors (Lipinski definition) is 4.